The summed E-state index contributed by atoms with van der Waals surface area (Å²) in [5, 5.41) is 9.01. The van der Waals surface area contributed by atoms with Crippen LogP contribution in [0.3, 0.4) is 0 Å². The fraction of sp³-hybridized carbons (Fsp3) is 0.231. The molecule has 1 N–H and O–H groups in total. The predicted molar refractivity (Wildman–Crippen MR) is 117 cm³/mol. The summed E-state index contributed by atoms with van der Waals surface area (Å²) in [6, 6.07) is 27.3. The highest BCUT2D eigenvalue weighted by Crippen LogP contribution is 2.41. The molecule has 2 nitrogen and oxygen atoms in total. The molecular weight excluding hydrogens is 340 g/mol. The quantitative estimate of drug-likeness (QED) is 0.428. The third kappa shape index (κ3) is 2.49. The van der Waals surface area contributed by atoms with Gasteiger partial charge in [0.05, 0.1) is 13.1 Å². The van der Waals surface area contributed by atoms with Crippen LogP contribution in [0.15, 0.2) is 72.8 Å². The Morgan fingerprint density at radius 1 is 0.643 bits per heavy atom. The molecule has 1 spiro atoms. The molecule has 138 valence electrons. The van der Waals surface area contributed by atoms with Crippen molar-refractivity contribution >= 4 is 21.5 Å². The van der Waals surface area contributed by atoms with Crippen molar-refractivity contribution < 1.29 is 4.48 Å². The van der Waals surface area contributed by atoms with E-state index in [0.29, 0.717) is 0 Å². The van der Waals surface area contributed by atoms with Crippen molar-refractivity contribution in [3.05, 3.63) is 83.9 Å². The highest BCUT2D eigenvalue weighted by molar-refractivity contribution is 6.01. The molecule has 0 bridgehead atoms. The van der Waals surface area contributed by atoms with E-state index in [1.807, 2.05) is 0 Å². The molecule has 1 fully saturated rings. The van der Waals surface area contributed by atoms with Crippen LogP contribution in [0.4, 0.5) is 0 Å². The first-order chi connectivity index (χ1) is 13.8. The molecule has 2 aliphatic rings. The monoisotopic (exact) mass is 365 g/mol. The minimum absolute atomic E-state index is 1.12. The van der Waals surface area contributed by atoms with Gasteiger partial charge in [-0.15, -0.1) is 0 Å². The molecule has 0 aliphatic carbocycles. The van der Waals surface area contributed by atoms with Gasteiger partial charge in [-0.25, -0.2) is 0 Å². The molecule has 4 aromatic rings. The Kier molecular flexibility index (Phi) is 3.59. The topological polar surface area (TPSA) is 12.0 Å². The molecule has 2 heteroatoms. The van der Waals surface area contributed by atoms with Crippen molar-refractivity contribution in [3.63, 3.8) is 0 Å². The van der Waals surface area contributed by atoms with Gasteiger partial charge < -0.3 is 9.80 Å². The van der Waals surface area contributed by atoms with Gasteiger partial charge >= 0.3 is 0 Å². The summed E-state index contributed by atoms with van der Waals surface area (Å²) in [4.78, 5) is 0. The molecule has 0 aromatic heterocycles. The van der Waals surface area contributed by atoms with Gasteiger partial charge in [-0.2, -0.15) is 0 Å². The summed E-state index contributed by atoms with van der Waals surface area (Å²) in [7, 11) is 0. The van der Waals surface area contributed by atoms with Gasteiger partial charge in [0.15, 0.2) is 0 Å². The second-order valence-corrected chi connectivity index (χ2v) is 8.53. The van der Waals surface area contributed by atoms with Crippen LogP contribution in [0.1, 0.15) is 11.1 Å². The number of nitrogens with zero attached hydrogens (tertiary/aromatic N) is 1. The maximum atomic E-state index is 3.57. The van der Waals surface area contributed by atoms with Crippen molar-refractivity contribution in [3.8, 4) is 11.1 Å². The van der Waals surface area contributed by atoms with Crippen LogP contribution in [0, 0.1) is 0 Å². The van der Waals surface area contributed by atoms with E-state index >= 15 is 0 Å². The molecule has 0 unspecified atom stereocenters. The Balaban J connectivity index is 1.70. The van der Waals surface area contributed by atoms with E-state index in [1.165, 1.54) is 61.4 Å². The largest absolute Gasteiger partial charge is 0.314 e. The fourth-order valence-corrected chi connectivity index (χ4v) is 5.38. The molecule has 1 saturated heterocycles. The third-order valence-corrected chi connectivity index (χ3v) is 6.79. The fourth-order valence-electron chi connectivity index (χ4n) is 5.38. The molecule has 2 aliphatic heterocycles. The number of benzene rings is 4. The molecule has 0 saturated carbocycles. The van der Waals surface area contributed by atoms with E-state index in [1.54, 1.807) is 0 Å². The van der Waals surface area contributed by atoms with Crippen LogP contribution >= 0.6 is 0 Å². The van der Waals surface area contributed by atoms with Gasteiger partial charge in [0.2, 0.25) is 0 Å². The van der Waals surface area contributed by atoms with Crippen LogP contribution in [0.25, 0.3) is 32.7 Å². The van der Waals surface area contributed by atoms with E-state index < -0.39 is 0 Å². The van der Waals surface area contributed by atoms with E-state index in [4.69, 9.17) is 0 Å². The van der Waals surface area contributed by atoms with Crippen molar-refractivity contribution in [2.24, 2.45) is 0 Å². The lowest BCUT2D eigenvalue weighted by Gasteiger charge is -2.41. The smallest absolute Gasteiger partial charge is 0.105 e. The van der Waals surface area contributed by atoms with Crippen LogP contribution in [-0.2, 0) is 13.1 Å². The van der Waals surface area contributed by atoms with Crippen molar-refractivity contribution in [1.29, 1.82) is 0 Å². The van der Waals surface area contributed by atoms with E-state index in [-0.39, 0.29) is 0 Å². The molecule has 28 heavy (non-hydrogen) atoms. The summed E-state index contributed by atoms with van der Waals surface area (Å²) in [6.45, 7) is 6.91. The Bertz CT molecular complexity index is 1200. The van der Waals surface area contributed by atoms with E-state index in [0.717, 1.165) is 26.2 Å². The Hall–Kier alpha value is -2.68. The minimum Gasteiger partial charge on any atom is -0.314 e. The van der Waals surface area contributed by atoms with E-state index in [9.17, 15) is 0 Å². The molecule has 2 heterocycles. The molecule has 0 radical (unpaired) electrons. The number of hydrogen-bond acceptors (Lipinski definition) is 1. The lowest BCUT2D eigenvalue weighted by atomic mass is 9.90. The highest BCUT2D eigenvalue weighted by atomic mass is 15.4. The number of piperazine rings is 1. The molecule has 4 aromatic carbocycles. The zero-order valence-corrected chi connectivity index (χ0v) is 16.1. The maximum Gasteiger partial charge on any atom is 0.105 e. The first-order valence-electron chi connectivity index (χ1n) is 10.4. The Labute approximate surface area is 166 Å². The third-order valence-electron chi connectivity index (χ3n) is 6.79. The molecule has 6 rings (SSSR count). The number of fused-ring (bicyclic) bond motifs is 6. The summed E-state index contributed by atoms with van der Waals surface area (Å²) in [6.07, 6.45) is 0. The number of quaternary nitrogens is 1. The van der Waals surface area contributed by atoms with Crippen molar-refractivity contribution in [2.75, 3.05) is 26.2 Å². The van der Waals surface area contributed by atoms with Gasteiger partial charge in [0, 0.05) is 24.2 Å². The van der Waals surface area contributed by atoms with Gasteiger partial charge in [-0.05, 0) is 44.8 Å². The van der Waals surface area contributed by atoms with Crippen LogP contribution in [-0.4, -0.2) is 30.7 Å². The summed E-state index contributed by atoms with van der Waals surface area (Å²) in [5.74, 6) is 0. The maximum absolute atomic E-state index is 3.57. The number of rotatable bonds is 0. The highest BCUT2D eigenvalue weighted by Gasteiger charge is 2.35. The first kappa shape index (κ1) is 16.3. The SMILES string of the molecule is c1ccc2cc3c(cc2c1)C[N+]1(CCNCC1)Cc1ccc2ccccc2c1-3. The van der Waals surface area contributed by atoms with E-state index in [2.05, 4.69) is 78.1 Å². The summed E-state index contributed by atoms with van der Waals surface area (Å²) < 4.78 is 1.17. The van der Waals surface area contributed by atoms with Gasteiger partial charge in [0.1, 0.15) is 13.1 Å². The summed E-state index contributed by atoms with van der Waals surface area (Å²) >= 11 is 0. The number of hydrogen-bond donors (Lipinski definition) is 1. The van der Waals surface area contributed by atoms with Crippen LogP contribution in [0.5, 0.6) is 0 Å². The van der Waals surface area contributed by atoms with Crippen molar-refractivity contribution in [2.45, 2.75) is 13.1 Å². The van der Waals surface area contributed by atoms with Crippen LogP contribution < -0.4 is 5.32 Å². The average molecular weight is 366 g/mol. The average Bonchev–Trinajstić information content (AvgIpc) is 2.86. The van der Waals surface area contributed by atoms with Gasteiger partial charge in [-0.3, -0.25) is 0 Å². The predicted octanol–water partition coefficient (Wildman–Crippen LogP) is 5.09. The zero-order chi connectivity index (χ0) is 18.6. The minimum atomic E-state index is 1.12. The number of nitrogens with one attached hydrogen (secondary N) is 1. The lowest BCUT2D eigenvalue weighted by Crippen LogP contribution is -2.57. The molecule has 0 atom stereocenters. The summed E-state index contributed by atoms with van der Waals surface area (Å²) in [5.41, 5.74) is 5.93. The Morgan fingerprint density at radius 2 is 1.32 bits per heavy atom. The second-order valence-electron chi connectivity index (χ2n) is 8.53. The molecule has 0 amide bonds. The normalized spacial score (nSPS) is 18.0. The Morgan fingerprint density at radius 3 is 2.14 bits per heavy atom. The second kappa shape index (κ2) is 6.16. The first-order valence-corrected chi connectivity index (χ1v) is 10.4. The molecular formula is C26H25N2+. The van der Waals surface area contributed by atoms with Gasteiger partial charge in [0.25, 0.3) is 0 Å². The van der Waals surface area contributed by atoms with Crippen LogP contribution in [0.2, 0.25) is 0 Å². The standard InChI is InChI=1S/C26H25N2/c1-2-7-21-16-25-23(15-20(21)6-1)18-28(13-11-27-12-14-28)17-22-10-9-19-5-3-4-8-24(19)26(22)25/h1-10,15-16,27H,11-14,17-18H2/q+1. The lowest BCUT2D eigenvalue weighted by molar-refractivity contribution is -0.954. The van der Waals surface area contributed by atoms with Crippen molar-refractivity contribution in [1.82, 2.24) is 5.32 Å². The van der Waals surface area contributed by atoms with Gasteiger partial charge in [-0.1, -0.05) is 60.7 Å². The zero-order valence-electron chi connectivity index (χ0n) is 16.1.